The fourth-order valence-electron chi connectivity index (χ4n) is 3.49. The predicted octanol–water partition coefficient (Wildman–Crippen LogP) is 4.30. The Hall–Kier alpha value is -2.60. The number of nitrogens with one attached hydrogen (secondary N) is 1. The number of benzene rings is 2. The van der Waals surface area contributed by atoms with Crippen LogP contribution in [0.15, 0.2) is 66.1 Å². The summed E-state index contributed by atoms with van der Waals surface area (Å²) in [6.45, 7) is 0. The molecule has 1 atom stereocenters. The molecule has 1 aromatic heterocycles. The molecule has 3 aromatic rings. The summed E-state index contributed by atoms with van der Waals surface area (Å²) in [5, 5.41) is 3.82. The molecule has 0 radical (unpaired) electrons. The standard InChI is InChI=1S/C21H20FN3OS/c22-16-7-4-8-17(13-16)25-12-11-23-21(25)27-14-20(26)24-19-10-3-6-15-5-1-2-9-18(15)19/h1-2,4-5,7-9,11-13,19H,3,6,10,14H2,(H,24,26). The molecular weight excluding hydrogens is 361 g/mol. The maximum Gasteiger partial charge on any atom is 0.230 e. The molecule has 0 saturated carbocycles. The number of nitrogens with zero attached hydrogens (tertiary/aromatic N) is 2. The van der Waals surface area contributed by atoms with Gasteiger partial charge in [-0.05, 0) is 48.6 Å². The van der Waals surface area contributed by atoms with E-state index in [1.165, 1.54) is 35.0 Å². The zero-order valence-electron chi connectivity index (χ0n) is 14.8. The second-order valence-corrected chi connectivity index (χ2v) is 7.50. The van der Waals surface area contributed by atoms with Crippen LogP contribution >= 0.6 is 11.8 Å². The Bertz CT molecular complexity index is 956. The van der Waals surface area contributed by atoms with Crippen LogP contribution in [0.4, 0.5) is 4.39 Å². The van der Waals surface area contributed by atoms with Crippen molar-refractivity contribution in [1.82, 2.24) is 14.9 Å². The number of hydrogen-bond donors (Lipinski definition) is 1. The first kappa shape index (κ1) is 17.8. The van der Waals surface area contributed by atoms with Gasteiger partial charge in [-0.2, -0.15) is 0 Å². The second-order valence-electron chi connectivity index (χ2n) is 6.56. The van der Waals surface area contributed by atoms with Crippen LogP contribution in [-0.2, 0) is 11.2 Å². The number of hydrogen-bond acceptors (Lipinski definition) is 3. The van der Waals surface area contributed by atoms with Crippen LogP contribution in [0.3, 0.4) is 0 Å². The third-order valence-corrected chi connectivity index (χ3v) is 5.70. The Morgan fingerprint density at radius 1 is 1.26 bits per heavy atom. The third kappa shape index (κ3) is 4.06. The number of thioether (sulfide) groups is 1. The molecule has 0 bridgehead atoms. The van der Waals surface area contributed by atoms with E-state index < -0.39 is 0 Å². The minimum Gasteiger partial charge on any atom is -0.349 e. The summed E-state index contributed by atoms with van der Waals surface area (Å²) < 4.78 is 15.3. The summed E-state index contributed by atoms with van der Waals surface area (Å²) in [5.41, 5.74) is 3.24. The quantitative estimate of drug-likeness (QED) is 0.671. The predicted molar refractivity (Wildman–Crippen MR) is 105 cm³/mol. The SMILES string of the molecule is O=C(CSc1nccn1-c1cccc(F)c1)NC1CCCc2ccccc21. The van der Waals surface area contributed by atoms with Crippen molar-refractivity contribution >= 4 is 17.7 Å². The van der Waals surface area contributed by atoms with Gasteiger partial charge in [-0.25, -0.2) is 9.37 Å². The number of aryl methyl sites for hydroxylation is 1. The zero-order valence-corrected chi connectivity index (χ0v) is 15.6. The molecule has 27 heavy (non-hydrogen) atoms. The normalized spacial score (nSPS) is 16.0. The molecule has 6 heteroatoms. The molecule has 0 spiro atoms. The third-order valence-electron chi connectivity index (χ3n) is 4.73. The molecule has 138 valence electrons. The van der Waals surface area contributed by atoms with Gasteiger partial charge in [0.2, 0.25) is 5.91 Å². The smallest absolute Gasteiger partial charge is 0.230 e. The fraction of sp³-hybridized carbons (Fsp3) is 0.238. The number of carbonyl (C=O) groups excluding carboxylic acids is 1. The van der Waals surface area contributed by atoms with Crippen molar-refractivity contribution in [3.63, 3.8) is 0 Å². The van der Waals surface area contributed by atoms with Crippen molar-refractivity contribution in [2.75, 3.05) is 5.75 Å². The molecule has 1 heterocycles. The molecule has 2 aromatic carbocycles. The van der Waals surface area contributed by atoms with Crippen molar-refractivity contribution in [2.45, 2.75) is 30.5 Å². The van der Waals surface area contributed by atoms with E-state index in [9.17, 15) is 9.18 Å². The average molecular weight is 381 g/mol. The van der Waals surface area contributed by atoms with E-state index >= 15 is 0 Å². The number of carbonyl (C=O) groups is 1. The van der Waals surface area contributed by atoms with E-state index in [1.807, 2.05) is 18.2 Å². The van der Waals surface area contributed by atoms with Gasteiger partial charge < -0.3 is 5.32 Å². The van der Waals surface area contributed by atoms with Gasteiger partial charge in [-0.1, -0.05) is 42.1 Å². The van der Waals surface area contributed by atoms with Gasteiger partial charge in [0.15, 0.2) is 5.16 Å². The highest BCUT2D eigenvalue weighted by Gasteiger charge is 2.21. The fourth-order valence-corrected chi connectivity index (χ4v) is 4.27. The van der Waals surface area contributed by atoms with E-state index in [0.29, 0.717) is 10.8 Å². The second kappa shape index (κ2) is 7.96. The summed E-state index contributed by atoms with van der Waals surface area (Å²) in [6, 6.07) is 14.7. The van der Waals surface area contributed by atoms with Crippen molar-refractivity contribution in [1.29, 1.82) is 0 Å². The lowest BCUT2D eigenvalue weighted by molar-refractivity contribution is -0.119. The van der Waals surface area contributed by atoms with Crippen LogP contribution in [0, 0.1) is 5.82 Å². The van der Waals surface area contributed by atoms with E-state index in [1.54, 1.807) is 23.0 Å². The minimum atomic E-state index is -0.300. The average Bonchev–Trinajstić information content (AvgIpc) is 3.15. The lowest BCUT2D eigenvalue weighted by Gasteiger charge is -2.26. The summed E-state index contributed by atoms with van der Waals surface area (Å²) in [6.07, 6.45) is 6.54. The van der Waals surface area contributed by atoms with Crippen LogP contribution in [0.25, 0.3) is 5.69 Å². The lowest BCUT2D eigenvalue weighted by Crippen LogP contribution is -2.32. The van der Waals surface area contributed by atoms with Crippen molar-refractivity contribution < 1.29 is 9.18 Å². The Balaban J connectivity index is 1.41. The van der Waals surface area contributed by atoms with E-state index in [-0.39, 0.29) is 23.5 Å². The topological polar surface area (TPSA) is 46.9 Å². The largest absolute Gasteiger partial charge is 0.349 e. The van der Waals surface area contributed by atoms with Gasteiger partial charge in [0.25, 0.3) is 0 Å². The van der Waals surface area contributed by atoms with Gasteiger partial charge in [-0.15, -0.1) is 0 Å². The van der Waals surface area contributed by atoms with Crippen LogP contribution in [-0.4, -0.2) is 21.2 Å². The Kier molecular flexibility index (Phi) is 5.25. The van der Waals surface area contributed by atoms with Crippen molar-refractivity contribution in [2.24, 2.45) is 0 Å². The first-order chi connectivity index (χ1) is 13.2. The number of fused-ring (bicyclic) bond motifs is 1. The maximum absolute atomic E-state index is 13.5. The highest BCUT2D eigenvalue weighted by Crippen LogP contribution is 2.29. The number of imidazole rings is 1. The molecule has 1 amide bonds. The molecule has 4 nitrogen and oxygen atoms in total. The Morgan fingerprint density at radius 3 is 3.04 bits per heavy atom. The Labute approximate surface area is 161 Å². The summed E-state index contributed by atoms with van der Waals surface area (Å²) in [4.78, 5) is 16.8. The monoisotopic (exact) mass is 381 g/mol. The molecule has 0 fully saturated rings. The van der Waals surface area contributed by atoms with Crippen LogP contribution in [0.2, 0.25) is 0 Å². The van der Waals surface area contributed by atoms with Gasteiger partial charge >= 0.3 is 0 Å². The summed E-state index contributed by atoms with van der Waals surface area (Å²) in [7, 11) is 0. The molecule has 1 aliphatic carbocycles. The molecule has 1 aliphatic rings. The van der Waals surface area contributed by atoms with Crippen molar-refractivity contribution in [3.8, 4) is 5.69 Å². The highest BCUT2D eigenvalue weighted by molar-refractivity contribution is 7.99. The van der Waals surface area contributed by atoms with E-state index in [2.05, 4.69) is 22.4 Å². The highest BCUT2D eigenvalue weighted by atomic mass is 32.2. The minimum absolute atomic E-state index is 0.0181. The van der Waals surface area contributed by atoms with E-state index in [4.69, 9.17) is 0 Å². The van der Waals surface area contributed by atoms with Crippen LogP contribution in [0.5, 0.6) is 0 Å². The number of rotatable bonds is 5. The number of aromatic nitrogens is 2. The van der Waals surface area contributed by atoms with Crippen molar-refractivity contribution in [3.05, 3.63) is 77.9 Å². The molecular formula is C21H20FN3OS. The number of amides is 1. The maximum atomic E-state index is 13.5. The Morgan fingerprint density at radius 2 is 2.15 bits per heavy atom. The summed E-state index contributed by atoms with van der Waals surface area (Å²) in [5.74, 6) is -0.0493. The van der Waals surface area contributed by atoms with Gasteiger partial charge in [0, 0.05) is 12.4 Å². The molecule has 4 rings (SSSR count). The summed E-state index contributed by atoms with van der Waals surface area (Å²) >= 11 is 1.35. The molecule has 1 unspecified atom stereocenters. The lowest BCUT2D eigenvalue weighted by atomic mass is 9.88. The number of halogens is 1. The first-order valence-electron chi connectivity index (χ1n) is 9.00. The van der Waals surface area contributed by atoms with E-state index in [0.717, 1.165) is 19.3 Å². The van der Waals surface area contributed by atoms with Gasteiger partial charge in [0.1, 0.15) is 5.82 Å². The van der Waals surface area contributed by atoms with Crippen LogP contribution < -0.4 is 5.32 Å². The first-order valence-corrected chi connectivity index (χ1v) is 9.98. The molecule has 0 aliphatic heterocycles. The molecule has 0 saturated heterocycles. The van der Waals surface area contributed by atoms with Gasteiger partial charge in [0.05, 0.1) is 17.5 Å². The molecule has 1 N–H and O–H groups in total. The zero-order chi connectivity index (χ0) is 18.6. The van der Waals surface area contributed by atoms with Gasteiger partial charge in [-0.3, -0.25) is 9.36 Å². The van der Waals surface area contributed by atoms with Crippen LogP contribution in [0.1, 0.15) is 30.0 Å².